The van der Waals surface area contributed by atoms with Gasteiger partial charge in [-0.15, -0.1) is 0 Å². The van der Waals surface area contributed by atoms with E-state index >= 15 is 0 Å². The Morgan fingerprint density at radius 3 is 2.59 bits per heavy atom. The highest BCUT2D eigenvalue weighted by Crippen LogP contribution is 2.28. The van der Waals surface area contributed by atoms with Gasteiger partial charge in [-0.25, -0.2) is 0 Å². The summed E-state index contributed by atoms with van der Waals surface area (Å²) < 4.78 is 5.38. The zero-order valence-electron chi connectivity index (χ0n) is 9.80. The first-order valence-electron chi connectivity index (χ1n) is 6.41. The summed E-state index contributed by atoms with van der Waals surface area (Å²) in [7, 11) is 0. The van der Waals surface area contributed by atoms with Crippen LogP contribution < -0.4 is 5.32 Å². The molecule has 0 spiro atoms. The van der Waals surface area contributed by atoms with E-state index in [0.29, 0.717) is 12.0 Å². The summed E-state index contributed by atoms with van der Waals surface area (Å²) in [6.07, 6.45) is 0. The Labute approximate surface area is 100.0 Å². The molecule has 4 aliphatic rings. The molecular weight excluding hydrogens is 218 g/mol. The van der Waals surface area contributed by atoms with Gasteiger partial charge in [-0.1, -0.05) is 5.16 Å². The van der Waals surface area contributed by atoms with Crippen molar-refractivity contribution < 1.29 is 4.52 Å². The fourth-order valence-electron chi connectivity index (χ4n) is 2.87. The monoisotopic (exact) mass is 235 g/mol. The van der Waals surface area contributed by atoms with Gasteiger partial charge in [0.05, 0.1) is 12.0 Å². The van der Waals surface area contributed by atoms with Gasteiger partial charge in [0.2, 0.25) is 5.89 Å². The van der Waals surface area contributed by atoms with Gasteiger partial charge in [0.25, 0.3) is 0 Å². The Balaban J connectivity index is 1.55. The van der Waals surface area contributed by atoms with E-state index in [1.165, 1.54) is 13.1 Å². The smallest absolute Gasteiger partial charge is 0.232 e. The van der Waals surface area contributed by atoms with Crippen molar-refractivity contribution in [2.45, 2.75) is 12.0 Å². The lowest BCUT2D eigenvalue weighted by atomic mass is 10.0. The molecule has 4 saturated heterocycles. The number of piperazine rings is 3. The highest BCUT2D eigenvalue weighted by atomic mass is 16.5. The maximum absolute atomic E-state index is 5.38. The van der Waals surface area contributed by atoms with Crippen molar-refractivity contribution in [3.05, 3.63) is 11.7 Å². The summed E-state index contributed by atoms with van der Waals surface area (Å²) >= 11 is 0. The van der Waals surface area contributed by atoms with Gasteiger partial charge in [-0.2, -0.15) is 4.98 Å². The molecule has 5 rings (SSSR count). The van der Waals surface area contributed by atoms with Gasteiger partial charge in [-0.05, 0) is 0 Å². The zero-order valence-corrected chi connectivity index (χ0v) is 9.80. The maximum Gasteiger partial charge on any atom is 0.232 e. The number of nitrogens with one attached hydrogen (secondary N) is 1. The highest BCUT2D eigenvalue weighted by Gasteiger charge is 2.36. The molecule has 92 valence electrons. The molecule has 1 unspecified atom stereocenters. The lowest BCUT2D eigenvalue weighted by Gasteiger charge is -2.46. The van der Waals surface area contributed by atoms with Crippen molar-refractivity contribution in [1.29, 1.82) is 0 Å². The van der Waals surface area contributed by atoms with E-state index in [4.69, 9.17) is 4.52 Å². The van der Waals surface area contributed by atoms with E-state index in [2.05, 4.69) is 25.3 Å². The van der Waals surface area contributed by atoms with E-state index in [1.54, 1.807) is 0 Å². The molecule has 1 atom stereocenters. The van der Waals surface area contributed by atoms with Crippen LogP contribution in [0.2, 0.25) is 0 Å². The maximum atomic E-state index is 5.38. The third-order valence-electron chi connectivity index (χ3n) is 4.16. The Kier molecular flexibility index (Phi) is 2.21. The standard InChI is InChI=1S/C11H17N5O/c1-3-16-4-2-15(1)7-9(16)10-13-11(17-14-10)8-5-12-6-8/h8-9,12H,1-7H2. The van der Waals surface area contributed by atoms with Gasteiger partial charge >= 0.3 is 0 Å². The van der Waals surface area contributed by atoms with Crippen LogP contribution >= 0.6 is 0 Å². The molecular formula is C11H17N5O. The second-order valence-electron chi connectivity index (χ2n) is 5.20. The molecule has 1 aromatic heterocycles. The van der Waals surface area contributed by atoms with Crippen molar-refractivity contribution in [2.75, 3.05) is 45.8 Å². The number of nitrogens with zero attached hydrogens (tertiary/aromatic N) is 4. The molecule has 6 nitrogen and oxygen atoms in total. The average molecular weight is 235 g/mol. The summed E-state index contributed by atoms with van der Waals surface area (Å²) in [5.41, 5.74) is 0. The molecule has 0 aromatic carbocycles. The van der Waals surface area contributed by atoms with Gasteiger partial charge < -0.3 is 9.84 Å². The van der Waals surface area contributed by atoms with Gasteiger partial charge in [0.15, 0.2) is 5.82 Å². The summed E-state index contributed by atoms with van der Waals surface area (Å²) in [5, 5.41) is 7.41. The lowest BCUT2D eigenvalue weighted by molar-refractivity contribution is 0.00781. The molecule has 6 heteroatoms. The van der Waals surface area contributed by atoms with Crippen LogP contribution in [0.1, 0.15) is 23.7 Å². The second kappa shape index (κ2) is 3.76. The van der Waals surface area contributed by atoms with Crippen LogP contribution in [0.15, 0.2) is 4.52 Å². The van der Waals surface area contributed by atoms with Gasteiger partial charge in [0.1, 0.15) is 0 Å². The molecule has 0 amide bonds. The van der Waals surface area contributed by atoms with E-state index in [0.717, 1.165) is 44.4 Å². The van der Waals surface area contributed by atoms with E-state index in [9.17, 15) is 0 Å². The lowest BCUT2D eigenvalue weighted by Crippen LogP contribution is -2.57. The number of fused-ring (bicyclic) bond motifs is 3. The predicted octanol–water partition coefficient (Wildman–Crippen LogP) is -0.571. The molecule has 5 heterocycles. The zero-order chi connectivity index (χ0) is 11.2. The average Bonchev–Trinajstić information content (AvgIpc) is 2.77. The normalized spacial score (nSPS) is 37.1. The van der Waals surface area contributed by atoms with Crippen molar-refractivity contribution in [1.82, 2.24) is 25.3 Å². The molecule has 1 aromatic rings. The first-order valence-corrected chi connectivity index (χ1v) is 6.41. The van der Waals surface area contributed by atoms with Crippen LogP contribution in [-0.2, 0) is 0 Å². The summed E-state index contributed by atoms with van der Waals surface area (Å²) in [6, 6.07) is 0.350. The largest absolute Gasteiger partial charge is 0.339 e. The fraction of sp³-hybridized carbons (Fsp3) is 0.818. The summed E-state index contributed by atoms with van der Waals surface area (Å²) in [5.74, 6) is 2.14. The van der Waals surface area contributed by atoms with Gasteiger partial charge in [-0.3, -0.25) is 9.80 Å². The number of aromatic nitrogens is 2. The Morgan fingerprint density at radius 2 is 2.00 bits per heavy atom. The van der Waals surface area contributed by atoms with Crippen molar-refractivity contribution >= 4 is 0 Å². The van der Waals surface area contributed by atoms with Crippen molar-refractivity contribution in [2.24, 2.45) is 0 Å². The Hall–Kier alpha value is -0.980. The molecule has 1 N–H and O–H groups in total. The second-order valence-corrected chi connectivity index (χ2v) is 5.20. The van der Waals surface area contributed by atoms with E-state index in [1.807, 2.05) is 0 Å². The molecule has 0 aliphatic carbocycles. The third-order valence-corrected chi connectivity index (χ3v) is 4.16. The number of rotatable bonds is 2. The number of hydrogen-bond donors (Lipinski definition) is 1. The van der Waals surface area contributed by atoms with Gasteiger partial charge in [0, 0.05) is 45.8 Å². The summed E-state index contributed by atoms with van der Waals surface area (Å²) in [4.78, 5) is 9.56. The third kappa shape index (κ3) is 1.59. The van der Waals surface area contributed by atoms with Crippen LogP contribution in [0.3, 0.4) is 0 Å². The molecule has 2 bridgehead atoms. The van der Waals surface area contributed by atoms with E-state index < -0.39 is 0 Å². The number of hydrogen-bond acceptors (Lipinski definition) is 6. The topological polar surface area (TPSA) is 57.4 Å². The molecule has 0 radical (unpaired) electrons. The van der Waals surface area contributed by atoms with Crippen LogP contribution in [0.5, 0.6) is 0 Å². The minimum absolute atomic E-state index is 0.350. The fourth-order valence-corrected chi connectivity index (χ4v) is 2.87. The van der Waals surface area contributed by atoms with Crippen molar-refractivity contribution in [3.8, 4) is 0 Å². The van der Waals surface area contributed by atoms with Crippen LogP contribution in [0.25, 0.3) is 0 Å². The molecule has 4 aliphatic heterocycles. The Morgan fingerprint density at radius 1 is 1.18 bits per heavy atom. The van der Waals surface area contributed by atoms with Crippen LogP contribution in [0, 0.1) is 0 Å². The van der Waals surface area contributed by atoms with Crippen LogP contribution in [-0.4, -0.2) is 65.8 Å². The minimum atomic E-state index is 0.350. The van der Waals surface area contributed by atoms with Crippen molar-refractivity contribution in [3.63, 3.8) is 0 Å². The molecule has 0 saturated carbocycles. The first-order chi connectivity index (χ1) is 8.40. The first kappa shape index (κ1) is 9.99. The van der Waals surface area contributed by atoms with E-state index in [-0.39, 0.29) is 0 Å². The molecule has 4 fully saturated rings. The Bertz CT molecular complexity index is 408. The summed E-state index contributed by atoms with van der Waals surface area (Å²) in [6.45, 7) is 7.66. The highest BCUT2D eigenvalue weighted by molar-refractivity contribution is 5.06. The van der Waals surface area contributed by atoms with Crippen LogP contribution in [0.4, 0.5) is 0 Å². The quantitative estimate of drug-likeness (QED) is 0.741. The minimum Gasteiger partial charge on any atom is -0.339 e. The SMILES string of the molecule is C1NCC1c1nc(C2CN3CCN2CC3)no1. The molecule has 17 heavy (non-hydrogen) atoms. The predicted molar refractivity (Wildman–Crippen MR) is 60.7 cm³/mol.